The van der Waals surface area contributed by atoms with Crippen molar-refractivity contribution in [3.05, 3.63) is 24.5 Å². The number of anilines is 1. The third-order valence-corrected chi connectivity index (χ3v) is 2.10. The van der Waals surface area contributed by atoms with Crippen molar-refractivity contribution in [1.82, 2.24) is 9.97 Å². The molecule has 0 saturated carbocycles. The van der Waals surface area contributed by atoms with E-state index in [4.69, 9.17) is 10.6 Å². The first-order valence-corrected chi connectivity index (χ1v) is 5.37. The Morgan fingerprint density at radius 3 is 3.00 bits per heavy atom. The molecule has 0 amide bonds. The van der Waals surface area contributed by atoms with Crippen LogP contribution in [0.5, 0.6) is 5.88 Å². The summed E-state index contributed by atoms with van der Waals surface area (Å²) in [5.41, 5.74) is 3.49. The van der Waals surface area contributed by atoms with E-state index in [0.29, 0.717) is 18.3 Å². The van der Waals surface area contributed by atoms with Gasteiger partial charge in [0, 0.05) is 0 Å². The van der Waals surface area contributed by atoms with Crippen LogP contribution >= 0.6 is 0 Å². The molecule has 1 aromatic rings. The largest absolute Gasteiger partial charge is 0.477 e. The van der Waals surface area contributed by atoms with E-state index in [1.54, 1.807) is 0 Å². The average Bonchev–Trinajstić information content (AvgIpc) is 2.31. The van der Waals surface area contributed by atoms with Gasteiger partial charge in [-0.25, -0.2) is 15.8 Å². The second-order valence-electron chi connectivity index (χ2n) is 3.33. The predicted molar refractivity (Wildman–Crippen MR) is 64.1 cm³/mol. The summed E-state index contributed by atoms with van der Waals surface area (Å²) in [7, 11) is 0. The number of nitrogens with two attached hydrogens (primary N) is 1. The molecule has 0 unspecified atom stereocenters. The van der Waals surface area contributed by atoms with Crippen molar-refractivity contribution in [3.8, 4) is 5.88 Å². The molecular weight excluding hydrogens is 204 g/mol. The molecule has 0 aliphatic carbocycles. The fourth-order valence-electron chi connectivity index (χ4n) is 1.36. The van der Waals surface area contributed by atoms with Gasteiger partial charge in [-0.15, -0.1) is 6.58 Å². The Morgan fingerprint density at radius 2 is 2.38 bits per heavy atom. The van der Waals surface area contributed by atoms with Gasteiger partial charge in [0.05, 0.1) is 12.2 Å². The molecule has 1 heterocycles. The third-order valence-electron chi connectivity index (χ3n) is 2.10. The van der Waals surface area contributed by atoms with Crippen LogP contribution in [-0.4, -0.2) is 16.6 Å². The number of aromatic nitrogens is 2. The lowest BCUT2D eigenvalue weighted by molar-refractivity contribution is 0.308. The van der Waals surface area contributed by atoms with E-state index in [1.807, 2.05) is 6.08 Å². The summed E-state index contributed by atoms with van der Waals surface area (Å²) in [6, 6.07) is 0. The van der Waals surface area contributed by atoms with Crippen LogP contribution in [0.1, 0.15) is 25.3 Å². The Bertz CT molecular complexity index is 341. The number of hydrogen-bond donors (Lipinski definition) is 2. The average molecular weight is 222 g/mol. The van der Waals surface area contributed by atoms with Crippen molar-refractivity contribution in [3.63, 3.8) is 0 Å². The Balaban J connectivity index is 2.83. The van der Waals surface area contributed by atoms with Gasteiger partial charge in [-0.3, -0.25) is 0 Å². The second-order valence-corrected chi connectivity index (χ2v) is 3.33. The minimum Gasteiger partial charge on any atom is -0.477 e. The highest BCUT2D eigenvalue weighted by Gasteiger charge is 2.10. The van der Waals surface area contributed by atoms with E-state index in [0.717, 1.165) is 24.8 Å². The van der Waals surface area contributed by atoms with Crippen molar-refractivity contribution in [2.75, 3.05) is 12.0 Å². The van der Waals surface area contributed by atoms with E-state index < -0.39 is 0 Å². The van der Waals surface area contributed by atoms with Gasteiger partial charge in [-0.2, -0.15) is 0 Å². The summed E-state index contributed by atoms with van der Waals surface area (Å²) in [5, 5.41) is 0. The molecule has 0 bridgehead atoms. The quantitative estimate of drug-likeness (QED) is 0.318. The topological polar surface area (TPSA) is 73.1 Å². The minimum atomic E-state index is 0.571. The van der Waals surface area contributed by atoms with Gasteiger partial charge < -0.3 is 10.2 Å². The van der Waals surface area contributed by atoms with Gasteiger partial charge in [0.15, 0.2) is 0 Å². The Labute approximate surface area is 95.7 Å². The molecule has 0 spiro atoms. The third kappa shape index (κ3) is 3.20. The summed E-state index contributed by atoms with van der Waals surface area (Å²) < 4.78 is 5.55. The SMILES string of the molecule is C=CCCOc1ncnc(NN)c1CCC. The number of ether oxygens (including phenoxy) is 1. The summed E-state index contributed by atoms with van der Waals surface area (Å²) in [4.78, 5) is 8.17. The fraction of sp³-hybridized carbons (Fsp3) is 0.455. The number of rotatable bonds is 7. The first-order valence-electron chi connectivity index (χ1n) is 5.37. The molecule has 1 rings (SSSR count). The standard InChI is InChI=1S/C11H18N4O/c1-3-5-7-16-11-9(6-4-2)10(15-12)13-8-14-11/h3,8H,1,4-7,12H2,2H3,(H,13,14,15). The molecule has 0 aliphatic heterocycles. The van der Waals surface area contributed by atoms with Crippen LogP contribution in [0.2, 0.25) is 0 Å². The van der Waals surface area contributed by atoms with Crippen molar-refractivity contribution in [2.24, 2.45) is 5.84 Å². The lowest BCUT2D eigenvalue weighted by atomic mass is 10.2. The lowest BCUT2D eigenvalue weighted by Gasteiger charge is -2.11. The fourth-order valence-corrected chi connectivity index (χ4v) is 1.36. The van der Waals surface area contributed by atoms with Crippen LogP contribution in [0.4, 0.5) is 5.82 Å². The zero-order valence-corrected chi connectivity index (χ0v) is 9.57. The monoisotopic (exact) mass is 222 g/mol. The van der Waals surface area contributed by atoms with E-state index in [1.165, 1.54) is 6.33 Å². The molecule has 0 aliphatic rings. The van der Waals surface area contributed by atoms with Crippen molar-refractivity contribution in [1.29, 1.82) is 0 Å². The second kappa shape index (κ2) is 6.79. The summed E-state index contributed by atoms with van der Waals surface area (Å²) in [5.74, 6) is 6.63. The van der Waals surface area contributed by atoms with E-state index in [2.05, 4.69) is 28.9 Å². The molecule has 5 nitrogen and oxygen atoms in total. The first-order chi connectivity index (χ1) is 7.83. The Hall–Kier alpha value is -1.62. The molecule has 0 atom stereocenters. The summed E-state index contributed by atoms with van der Waals surface area (Å²) in [6.45, 7) is 6.29. The maximum atomic E-state index is 5.55. The zero-order valence-electron chi connectivity index (χ0n) is 9.57. The van der Waals surface area contributed by atoms with Crippen molar-refractivity contribution in [2.45, 2.75) is 26.2 Å². The number of hydrazine groups is 1. The Morgan fingerprint density at radius 1 is 1.56 bits per heavy atom. The van der Waals surface area contributed by atoms with Gasteiger partial charge in [0.2, 0.25) is 5.88 Å². The van der Waals surface area contributed by atoms with Crippen LogP contribution in [0.25, 0.3) is 0 Å². The lowest BCUT2D eigenvalue weighted by Crippen LogP contribution is -2.13. The summed E-state index contributed by atoms with van der Waals surface area (Å²) >= 11 is 0. The smallest absolute Gasteiger partial charge is 0.221 e. The number of nitrogens with zero attached hydrogens (tertiary/aromatic N) is 2. The first kappa shape index (κ1) is 12.4. The normalized spacial score (nSPS) is 9.88. The number of nitrogen functional groups attached to an aromatic ring is 1. The molecule has 3 N–H and O–H groups in total. The molecule has 0 radical (unpaired) electrons. The summed E-state index contributed by atoms with van der Waals surface area (Å²) in [6.07, 6.45) is 5.87. The van der Waals surface area contributed by atoms with Crippen LogP contribution < -0.4 is 16.0 Å². The molecule has 88 valence electrons. The van der Waals surface area contributed by atoms with Gasteiger partial charge in [-0.1, -0.05) is 19.4 Å². The van der Waals surface area contributed by atoms with Crippen LogP contribution in [0, 0.1) is 0 Å². The number of hydrogen-bond acceptors (Lipinski definition) is 5. The van der Waals surface area contributed by atoms with Crippen LogP contribution in [0.15, 0.2) is 19.0 Å². The Kier molecular flexibility index (Phi) is 5.28. The van der Waals surface area contributed by atoms with E-state index in [9.17, 15) is 0 Å². The predicted octanol–water partition coefficient (Wildman–Crippen LogP) is 1.67. The molecule has 0 saturated heterocycles. The highest BCUT2D eigenvalue weighted by molar-refractivity contribution is 5.47. The molecule has 5 heteroatoms. The number of nitrogens with one attached hydrogen (secondary N) is 1. The minimum absolute atomic E-state index is 0.571. The maximum absolute atomic E-state index is 5.55. The van der Waals surface area contributed by atoms with Gasteiger partial charge in [0.1, 0.15) is 12.1 Å². The van der Waals surface area contributed by atoms with Gasteiger partial charge in [-0.05, 0) is 12.8 Å². The molecule has 0 aromatic carbocycles. The van der Waals surface area contributed by atoms with Crippen molar-refractivity contribution < 1.29 is 4.74 Å². The van der Waals surface area contributed by atoms with E-state index in [-0.39, 0.29) is 0 Å². The van der Waals surface area contributed by atoms with E-state index >= 15 is 0 Å². The maximum Gasteiger partial charge on any atom is 0.221 e. The molecule has 16 heavy (non-hydrogen) atoms. The molecule has 0 fully saturated rings. The highest BCUT2D eigenvalue weighted by atomic mass is 16.5. The van der Waals surface area contributed by atoms with Gasteiger partial charge >= 0.3 is 0 Å². The highest BCUT2D eigenvalue weighted by Crippen LogP contribution is 2.22. The molecule has 1 aromatic heterocycles. The van der Waals surface area contributed by atoms with Crippen LogP contribution in [0.3, 0.4) is 0 Å². The van der Waals surface area contributed by atoms with Crippen molar-refractivity contribution >= 4 is 5.82 Å². The molecular formula is C11H18N4O. The van der Waals surface area contributed by atoms with Gasteiger partial charge in [0.25, 0.3) is 0 Å². The zero-order chi connectivity index (χ0) is 11.8. The van der Waals surface area contributed by atoms with Crippen LogP contribution in [-0.2, 0) is 6.42 Å².